The van der Waals surface area contributed by atoms with Crippen molar-refractivity contribution in [3.8, 4) is 0 Å². The second kappa shape index (κ2) is 11.9. The molecule has 4 nitrogen and oxygen atoms in total. The molecule has 30 heavy (non-hydrogen) atoms. The van der Waals surface area contributed by atoms with Crippen molar-refractivity contribution in [2.24, 2.45) is 23.7 Å². The van der Waals surface area contributed by atoms with Gasteiger partial charge >= 0.3 is 0 Å². The van der Waals surface area contributed by atoms with E-state index in [9.17, 15) is 9.59 Å². The standard InChI is InChI=1S/C25H38N2O2.ClH/c1-18(2)16-20-4-6-22(7-5-20)25(29)23-10-14-27(15-11-23)24(28)17-19(3)21-8-12-26-13-9-21;/h4-7,18-19,21,23,26H,8-17H2,1-3H3;1H. The molecule has 2 saturated heterocycles. The lowest BCUT2D eigenvalue weighted by Gasteiger charge is -2.34. The lowest BCUT2D eigenvalue weighted by Crippen LogP contribution is -2.41. The van der Waals surface area contributed by atoms with Crippen LogP contribution >= 0.6 is 12.4 Å². The van der Waals surface area contributed by atoms with Crippen LogP contribution in [0.5, 0.6) is 0 Å². The van der Waals surface area contributed by atoms with Gasteiger partial charge in [0.1, 0.15) is 0 Å². The van der Waals surface area contributed by atoms with Crippen LogP contribution in [0.2, 0.25) is 0 Å². The van der Waals surface area contributed by atoms with Gasteiger partial charge in [0, 0.05) is 31.0 Å². The van der Waals surface area contributed by atoms with E-state index in [-0.39, 0.29) is 30.0 Å². The normalized spacial score (nSPS) is 19.4. The van der Waals surface area contributed by atoms with Crippen molar-refractivity contribution < 1.29 is 9.59 Å². The molecule has 1 aromatic carbocycles. The van der Waals surface area contributed by atoms with E-state index in [2.05, 4.69) is 38.2 Å². The number of Topliss-reactive ketones (excluding diaryl/α,β-unsaturated/α-hetero) is 1. The summed E-state index contributed by atoms with van der Waals surface area (Å²) >= 11 is 0. The quantitative estimate of drug-likeness (QED) is 0.629. The minimum absolute atomic E-state index is 0. The summed E-state index contributed by atoms with van der Waals surface area (Å²) in [6.07, 6.45) is 5.65. The third-order valence-electron chi connectivity index (χ3n) is 6.79. The summed E-state index contributed by atoms with van der Waals surface area (Å²) in [5, 5.41) is 3.40. The van der Waals surface area contributed by atoms with Crippen molar-refractivity contribution in [2.75, 3.05) is 26.2 Å². The summed E-state index contributed by atoms with van der Waals surface area (Å²) in [6, 6.07) is 8.15. The van der Waals surface area contributed by atoms with Crippen LogP contribution in [0.1, 0.15) is 68.8 Å². The van der Waals surface area contributed by atoms with Gasteiger partial charge in [-0.3, -0.25) is 9.59 Å². The van der Waals surface area contributed by atoms with Crippen LogP contribution in [0.3, 0.4) is 0 Å². The monoisotopic (exact) mass is 434 g/mol. The summed E-state index contributed by atoms with van der Waals surface area (Å²) < 4.78 is 0. The molecule has 2 aliphatic heterocycles. The number of piperidine rings is 2. The second-order valence-corrected chi connectivity index (χ2v) is 9.58. The SMILES string of the molecule is CC(C)Cc1ccc(C(=O)C2CCN(C(=O)CC(C)C3CCNCC3)CC2)cc1.Cl. The summed E-state index contributed by atoms with van der Waals surface area (Å²) in [6.45, 7) is 10.2. The molecular weight excluding hydrogens is 396 g/mol. The van der Waals surface area contributed by atoms with Crippen LogP contribution in [-0.2, 0) is 11.2 Å². The van der Waals surface area contributed by atoms with Crippen molar-refractivity contribution in [1.29, 1.82) is 0 Å². The number of ketones is 1. The first-order valence-corrected chi connectivity index (χ1v) is 11.6. The molecule has 168 valence electrons. The first-order chi connectivity index (χ1) is 13.9. The summed E-state index contributed by atoms with van der Waals surface area (Å²) in [5.41, 5.74) is 2.11. The van der Waals surface area contributed by atoms with Gasteiger partial charge in [0.2, 0.25) is 5.91 Å². The highest BCUT2D eigenvalue weighted by atomic mass is 35.5. The van der Waals surface area contributed by atoms with Crippen LogP contribution in [0.15, 0.2) is 24.3 Å². The number of nitrogens with zero attached hydrogens (tertiary/aromatic N) is 1. The molecule has 1 aromatic rings. The maximum Gasteiger partial charge on any atom is 0.222 e. The molecule has 3 rings (SSSR count). The predicted molar refractivity (Wildman–Crippen MR) is 125 cm³/mol. The third kappa shape index (κ3) is 6.81. The molecule has 1 atom stereocenters. The van der Waals surface area contributed by atoms with Crippen molar-refractivity contribution in [3.05, 3.63) is 35.4 Å². The van der Waals surface area contributed by atoms with Crippen LogP contribution in [0.4, 0.5) is 0 Å². The van der Waals surface area contributed by atoms with Gasteiger partial charge in [0.05, 0.1) is 0 Å². The Hall–Kier alpha value is -1.39. The minimum Gasteiger partial charge on any atom is -0.343 e. The maximum absolute atomic E-state index is 12.9. The smallest absolute Gasteiger partial charge is 0.222 e. The van der Waals surface area contributed by atoms with E-state index in [1.807, 2.05) is 17.0 Å². The highest BCUT2D eigenvalue weighted by Crippen LogP contribution is 2.27. The lowest BCUT2D eigenvalue weighted by molar-refractivity contribution is -0.133. The molecular formula is C25H39ClN2O2. The number of hydrogen-bond acceptors (Lipinski definition) is 3. The van der Waals surface area contributed by atoms with Crippen molar-refractivity contribution in [1.82, 2.24) is 10.2 Å². The van der Waals surface area contributed by atoms with Gasteiger partial charge in [-0.2, -0.15) is 0 Å². The molecule has 1 amide bonds. The molecule has 0 aromatic heterocycles. The van der Waals surface area contributed by atoms with E-state index in [1.54, 1.807) is 0 Å². The average Bonchev–Trinajstić information content (AvgIpc) is 2.74. The van der Waals surface area contributed by atoms with Crippen LogP contribution in [0, 0.1) is 23.7 Å². The van der Waals surface area contributed by atoms with Gasteiger partial charge < -0.3 is 10.2 Å². The van der Waals surface area contributed by atoms with E-state index in [4.69, 9.17) is 0 Å². The molecule has 0 radical (unpaired) electrons. The number of nitrogens with one attached hydrogen (secondary N) is 1. The van der Waals surface area contributed by atoms with Gasteiger partial charge in [0.15, 0.2) is 5.78 Å². The van der Waals surface area contributed by atoms with E-state index in [0.29, 0.717) is 24.2 Å². The number of carbonyl (C=O) groups excluding carboxylic acids is 2. The Morgan fingerprint density at radius 3 is 2.17 bits per heavy atom. The summed E-state index contributed by atoms with van der Waals surface area (Å²) in [7, 11) is 0. The number of carbonyl (C=O) groups is 2. The third-order valence-corrected chi connectivity index (χ3v) is 6.79. The van der Waals surface area contributed by atoms with E-state index < -0.39 is 0 Å². The predicted octanol–water partition coefficient (Wildman–Crippen LogP) is 4.75. The molecule has 2 heterocycles. The molecule has 0 aliphatic carbocycles. The van der Waals surface area contributed by atoms with Gasteiger partial charge in [-0.05, 0) is 68.5 Å². The molecule has 1 N–H and O–H groups in total. The van der Waals surface area contributed by atoms with Crippen molar-refractivity contribution in [3.63, 3.8) is 0 Å². The van der Waals surface area contributed by atoms with Crippen LogP contribution in [0.25, 0.3) is 0 Å². The molecule has 0 spiro atoms. The van der Waals surface area contributed by atoms with Crippen molar-refractivity contribution in [2.45, 2.75) is 59.3 Å². The van der Waals surface area contributed by atoms with Gasteiger partial charge in [-0.1, -0.05) is 45.0 Å². The number of amides is 1. The summed E-state index contributed by atoms with van der Waals surface area (Å²) in [4.78, 5) is 27.6. The zero-order valence-electron chi connectivity index (χ0n) is 18.9. The Labute approximate surface area is 188 Å². The fraction of sp³-hybridized carbons (Fsp3) is 0.680. The largest absolute Gasteiger partial charge is 0.343 e. The highest BCUT2D eigenvalue weighted by molar-refractivity contribution is 5.98. The topological polar surface area (TPSA) is 49.4 Å². The van der Waals surface area contributed by atoms with E-state index in [1.165, 1.54) is 18.4 Å². The number of hydrogen-bond donors (Lipinski definition) is 1. The maximum atomic E-state index is 12.9. The number of rotatable bonds is 7. The van der Waals surface area contributed by atoms with E-state index >= 15 is 0 Å². The first kappa shape index (κ1) is 24.9. The highest BCUT2D eigenvalue weighted by Gasteiger charge is 2.30. The Morgan fingerprint density at radius 2 is 1.60 bits per heavy atom. The van der Waals surface area contributed by atoms with E-state index in [0.717, 1.165) is 51.0 Å². The number of benzene rings is 1. The molecule has 5 heteroatoms. The molecule has 1 unspecified atom stereocenters. The average molecular weight is 435 g/mol. The fourth-order valence-corrected chi connectivity index (χ4v) is 4.89. The summed E-state index contributed by atoms with van der Waals surface area (Å²) in [5.74, 6) is 2.32. The number of halogens is 1. The molecule has 0 saturated carbocycles. The van der Waals surface area contributed by atoms with Crippen molar-refractivity contribution >= 4 is 24.1 Å². The molecule has 2 fully saturated rings. The Balaban J connectivity index is 0.00000320. The molecule has 2 aliphatic rings. The van der Waals surface area contributed by atoms with Gasteiger partial charge in [-0.25, -0.2) is 0 Å². The first-order valence-electron chi connectivity index (χ1n) is 11.6. The zero-order valence-corrected chi connectivity index (χ0v) is 19.7. The van der Waals surface area contributed by atoms with Crippen LogP contribution < -0.4 is 5.32 Å². The number of likely N-dealkylation sites (tertiary alicyclic amines) is 1. The Kier molecular flexibility index (Phi) is 9.83. The zero-order chi connectivity index (χ0) is 20.8. The molecule has 0 bridgehead atoms. The fourth-order valence-electron chi connectivity index (χ4n) is 4.89. The van der Waals surface area contributed by atoms with Crippen LogP contribution in [-0.4, -0.2) is 42.8 Å². The minimum atomic E-state index is 0. The lowest BCUT2D eigenvalue weighted by atomic mass is 9.83. The second-order valence-electron chi connectivity index (χ2n) is 9.58. The van der Waals surface area contributed by atoms with Gasteiger partial charge in [-0.15, -0.1) is 12.4 Å². The Bertz CT molecular complexity index is 675. The van der Waals surface area contributed by atoms with Gasteiger partial charge in [0.25, 0.3) is 0 Å². The Morgan fingerprint density at radius 1 is 1.00 bits per heavy atom.